The summed E-state index contributed by atoms with van der Waals surface area (Å²) in [4.78, 5) is 20.1. The van der Waals surface area contributed by atoms with Gasteiger partial charge in [-0.25, -0.2) is 14.8 Å². The number of rotatable bonds is 4. The summed E-state index contributed by atoms with van der Waals surface area (Å²) in [5.41, 5.74) is 5.89. The van der Waals surface area contributed by atoms with E-state index in [2.05, 4.69) is 20.8 Å². The van der Waals surface area contributed by atoms with Crippen LogP contribution >= 0.6 is 11.6 Å². The molecule has 19 heavy (non-hydrogen) atoms. The Labute approximate surface area is 115 Å². The van der Waals surface area contributed by atoms with Crippen molar-refractivity contribution in [1.29, 1.82) is 0 Å². The summed E-state index contributed by atoms with van der Waals surface area (Å²) >= 11 is 5.82. The second-order valence-corrected chi connectivity index (χ2v) is 4.28. The Morgan fingerprint density at radius 3 is 2.53 bits per heavy atom. The topological polar surface area (TPSA) is 71.8 Å². The lowest BCUT2D eigenvalue weighted by Crippen LogP contribution is -2.30. The van der Waals surface area contributed by atoms with Gasteiger partial charge >= 0.3 is 5.69 Å². The third-order valence-electron chi connectivity index (χ3n) is 2.45. The molecule has 0 saturated heterocycles. The van der Waals surface area contributed by atoms with Crippen LogP contribution in [0.5, 0.6) is 0 Å². The first kappa shape index (κ1) is 13.5. The van der Waals surface area contributed by atoms with Crippen LogP contribution in [0.3, 0.4) is 0 Å². The Kier molecular flexibility index (Phi) is 4.13. The molecule has 0 unspecified atom stereocenters. The zero-order chi connectivity index (χ0) is 13.8. The summed E-state index contributed by atoms with van der Waals surface area (Å²) in [6, 6.07) is 6.93. The first-order valence-electron chi connectivity index (χ1n) is 5.84. The van der Waals surface area contributed by atoms with Crippen molar-refractivity contribution in [3.05, 3.63) is 45.6 Å². The third kappa shape index (κ3) is 3.10. The average Bonchev–Trinajstić information content (AvgIpc) is 2.38. The van der Waals surface area contributed by atoms with E-state index in [0.717, 1.165) is 0 Å². The quantitative estimate of drug-likeness (QED) is 0.831. The zero-order valence-corrected chi connectivity index (χ0v) is 11.4. The smallest absolute Gasteiger partial charge is 0.289 e. The van der Waals surface area contributed by atoms with E-state index in [1.165, 1.54) is 4.57 Å². The first-order valence-corrected chi connectivity index (χ1v) is 6.22. The molecule has 0 saturated carbocycles. The molecule has 0 aliphatic carbocycles. The summed E-state index contributed by atoms with van der Waals surface area (Å²) < 4.78 is 1.42. The van der Waals surface area contributed by atoms with Crippen LogP contribution in [0.25, 0.3) is 5.69 Å². The van der Waals surface area contributed by atoms with E-state index in [9.17, 15) is 4.79 Å². The average molecular weight is 280 g/mol. The number of hydrazine groups is 1. The normalized spacial score (nSPS) is 10.5. The van der Waals surface area contributed by atoms with Crippen LogP contribution in [-0.4, -0.2) is 21.1 Å². The minimum absolute atomic E-state index is 0.259. The number of hydrogen-bond acceptors (Lipinski definition) is 5. The molecule has 1 aromatic carbocycles. The molecular weight excluding hydrogens is 266 g/mol. The molecule has 1 heterocycles. The van der Waals surface area contributed by atoms with Crippen LogP contribution in [0.2, 0.25) is 5.02 Å². The van der Waals surface area contributed by atoms with E-state index in [4.69, 9.17) is 11.6 Å². The molecule has 6 nitrogen and oxygen atoms in total. The van der Waals surface area contributed by atoms with Gasteiger partial charge in [0.25, 0.3) is 0 Å². The molecule has 0 spiro atoms. The van der Waals surface area contributed by atoms with E-state index < -0.39 is 5.69 Å². The molecule has 7 heteroatoms. The van der Waals surface area contributed by atoms with Gasteiger partial charge in [-0.1, -0.05) is 18.5 Å². The lowest BCUT2D eigenvalue weighted by atomic mass is 10.3. The van der Waals surface area contributed by atoms with Crippen molar-refractivity contribution in [1.82, 2.24) is 20.0 Å². The summed E-state index contributed by atoms with van der Waals surface area (Å²) in [6.45, 7) is 4.37. The van der Waals surface area contributed by atoms with Crippen molar-refractivity contribution in [2.45, 2.75) is 13.8 Å². The maximum atomic E-state index is 12.0. The Morgan fingerprint density at radius 2 is 1.95 bits per heavy atom. The molecular formula is C12H14ClN5O. The molecule has 2 aromatic rings. The van der Waals surface area contributed by atoms with Gasteiger partial charge in [-0.15, -0.1) is 0 Å². The predicted octanol–water partition coefficient (Wildman–Crippen LogP) is 1.53. The summed E-state index contributed by atoms with van der Waals surface area (Å²) in [7, 11) is 0. The van der Waals surface area contributed by atoms with Crippen molar-refractivity contribution in [2.75, 3.05) is 12.0 Å². The minimum atomic E-state index is -0.393. The summed E-state index contributed by atoms with van der Waals surface area (Å²) in [5.74, 6) is 0.803. The molecule has 2 N–H and O–H groups in total. The molecule has 1 aromatic heterocycles. The number of nitrogens with zero attached hydrogens (tertiary/aromatic N) is 3. The maximum absolute atomic E-state index is 12.0. The molecule has 0 fully saturated rings. The van der Waals surface area contributed by atoms with Gasteiger partial charge in [-0.2, -0.15) is 9.97 Å². The minimum Gasteiger partial charge on any atom is -0.289 e. The van der Waals surface area contributed by atoms with Crippen molar-refractivity contribution < 1.29 is 0 Å². The Bertz CT molecular complexity index is 623. The van der Waals surface area contributed by atoms with Gasteiger partial charge in [-0.05, 0) is 31.2 Å². The fourth-order valence-electron chi connectivity index (χ4n) is 1.62. The molecule has 0 aliphatic rings. The van der Waals surface area contributed by atoms with Gasteiger partial charge in [0.15, 0.2) is 0 Å². The van der Waals surface area contributed by atoms with E-state index in [0.29, 0.717) is 23.1 Å². The Hall–Kier alpha value is -1.92. The van der Waals surface area contributed by atoms with Crippen molar-refractivity contribution in [3.8, 4) is 5.69 Å². The van der Waals surface area contributed by atoms with Crippen LogP contribution in [0.1, 0.15) is 12.7 Å². The number of aromatic nitrogens is 3. The lowest BCUT2D eigenvalue weighted by Gasteiger charge is -2.10. The van der Waals surface area contributed by atoms with Gasteiger partial charge in [-0.3, -0.25) is 5.43 Å². The van der Waals surface area contributed by atoms with Crippen LogP contribution in [0, 0.1) is 6.92 Å². The summed E-state index contributed by atoms with van der Waals surface area (Å²) in [5, 5.41) is 0.612. The fraction of sp³-hybridized carbons (Fsp3) is 0.250. The number of hydrogen-bond donors (Lipinski definition) is 2. The van der Waals surface area contributed by atoms with Gasteiger partial charge in [0.05, 0.1) is 5.69 Å². The molecule has 2 rings (SSSR count). The number of nitrogens with one attached hydrogen (secondary N) is 2. The number of aryl methyl sites for hydroxylation is 1. The number of anilines is 1. The molecule has 0 aliphatic heterocycles. The molecule has 100 valence electrons. The SMILES string of the molecule is CCNNc1nc(C)n(-c2ccc(Cl)cc2)c(=O)n1. The highest BCUT2D eigenvalue weighted by atomic mass is 35.5. The highest BCUT2D eigenvalue weighted by Crippen LogP contribution is 2.13. The van der Waals surface area contributed by atoms with Crippen LogP contribution in [0.15, 0.2) is 29.1 Å². The first-order chi connectivity index (χ1) is 9.11. The summed E-state index contributed by atoms with van der Waals surface area (Å²) in [6.07, 6.45) is 0. The van der Waals surface area contributed by atoms with Crippen LogP contribution < -0.4 is 16.5 Å². The van der Waals surface area contributed by atoms with Crippen LogP contribution in [-0.2, 0) is 0 Å². The van der Waals surface area contributed by atoms with E-state index in [-0.39, 0.29) is 5.95 Å². The zero-order valence-electron chi connectivity index (χ0n) is 10.6. The van der Waals surface area contributed by atoms with E-state index >= 15 is 0 Å². The second-order valence-electron chi connectivity index (χ2n) is 3.84. The largest absolute Gasteiger partial charge is 0.356 e. The maximum Gasteiger partial charge on any atom is 0.356 e. The number of benzene rings is 1. The van der Waals surface area contributed by atoms with Crippen molar-refractivity contribution in [2.24, 2.45) is 0 Å². The fourth-order valence-corrected chi connectivity index (χ4v) is 1.74. The van der Waals surface area contributed by atoms with Gasteiger partial charge < -0.3 is 0 Å². The molecule has 0 bridgehead atoms. The van der Waals surface area contributed by atoms with E-state index in [1.807, 2.05) is 6.92 Å². The highest BCUT2D eigenvalue weighted by Gasteiger charge is 2.08. The third-order valence-corrected chi connectivity index (χ3v) is 2.70. The van der Waals surface area contributed by atoms with Gasteiger partial charge in [0.1, 0.15) is 5.82 Å². The van der Waals surface area contributed by atoms with Gasteiger partial charge in [0, 0.05) is 11.6 Å². The second kappa shape index (κ2) is 5.81. The van der Waals surface area contributed by atoms with Gasteiger partial charge in [0.2, 0.25) is 5.95 Å². The van der Waals surface area contributed by atoms with Crippen molar-refractivity contribution >= 4 is 17.5 Å². The van der Waals surface area contributed by atoms with Crippen molar-refractivity contribution in [3.63, 3.8) is 0 Å². The molecule has 0 radical (unpaired) electrons. The molecule has 0 amide bonds. The Balaban J connectivity index is 2.42. The monoisotopic (exact) mass is 279 g/mol. The Morgan fingerprint density at radius 1 is 1.26 bits per heavy atom. The molecule has 0 atom stereocenters. The predicted molar refractivity (Wildman–Crippen MR) is 74.7 cm³/mol. The van der Waals surface area contributed by atoms with Crippen LogP contribution in [0.4, 0.5) is 5.95 Å². The van der Waals surface area contributed by atoms with E-state index in [1.54, 1.807) is 31.2 Å². The standard InChI is InChI=1S/C12H14ClN5O/c1-3-14-17-11-15-8(2)18(12(19)16-11)10-6-4-9(13)5-7-10/h4-7,14H,3H2,1-2H3,(H,16,17,19). The number of halogens is 1. The lowest BCUT2D eigenvalue weighted by molar-refractivity contribution is 0.772. The highest BCUT2D eigenvalue weighted by molar-refractivity contribution is 6.30.